The zero-order chi connectivity index (χ0) is 20.0. The second-order valence-corrected chi connectivity index (χ2v) is 7.97. The van der Waals surface area contributed by atoms with Crippen LogP contribution in [0.25, 0.3) is 0 Å². The highest BCUT2D eigenvalue weighted by Crippen LogP contribution is 2.16. The van der Waals surface area contributed by atoms with E-state index in [0.717, 1.165) is 11.3 Å². The summed E-state index contributed by atoms with van der Waals surface area (Å²) in [5, 5.41) is 11.6. The topological polar surface area (TPSA) is 168 Å². The molecule has 0 aliphatic carbocycles. The molecule has 2 aromatic rings. The number of nitrogen functional groups attached to an aromatic ring is 1. The van der Waals surface area contributed by atoms with Gasteiger partial charge < -0.3 is 10.4 Å². The highest BCUT2D eigenvalue weighted by molar-refractivity contribution is 7.89. The fourth-order valence-electron chi connectivity index (χ4n) is 1.97. The third-order valence-corrected chi connectivity index (χ3v) is 5.87. The van der Waals surface area contributed by atoms with Crippen LogP contribution in [-0.2, 0) is 14.8 Å². The van der Waals surface area contributed by atoms with Gasteiger partial charge in [0.1, 0.15) is 6.04 Å². The molecular formula is C15H16N4O6S2. The van der Waals surface area contributed by atoms with Crippen molar-refractivity contribution in [1.82, 2.24) is 15.5 Å². The van der Waals surface area contributed by atoms with E-state index < -0.39 is 40.4 Å². The number of carbonyl (C=O) groups is 3. The van der Waals surface area contributed by atoms with E-state index in [1.807, 2.05) is 10.1 Å². The maximum absolute atomic E-state index is 12.2. The van der Waals surface area contributed by atoms with Gasteiger partial charge in [-0.1, -0.05) is 18.2 Å². The van der Waals surface area contributed by atoms with E-state index in [1.165, 1.54) is 36.4 Å². The Hall–Kier alpha value is -2.80. The van der Waals surface area contributed by atoms with E-state index in [1.54, 1.807) is 6.07 Å². The minimum atomic E-state index is -4.07. The molecule has 0 saturated heterocycles. The van der Waals surface area contributed by atoms with Crippen molar-refractivity contribution >= 4 is 39.1 Å². The fraction of sp³-hybridized carbons (Fsp3) is 0.133. The monoisotopic (exact) mass is 412 g/mol. The van der Waals surface area contributed by atoms with E-state index >= 15 is 0 Å². The molecule has 10 nitrogen and oxygen atoms in total. The Morgan fingerprint density at radius 1 is 1.04 bits per heavy atom. The first-order valence-electron chi connectivity index (χ1n) is 7.44. The third kappa shape index (κ3) is 5.34. The Labute approximate surface area is 158 Å². The number of nitrogens with two attached hydrogens (primary N) is 1. The van der Waals surface area contributed by atoms with Crippen molar-refractivity contribution in [3.63, 3.8) is 0 Å². The van der Waals surface area contributed by atoms with Gasteiger partial charge in [0, 0.05) is 6.54 Å². The first kappa shape index (κ1) is 20.5. The molecule has 2 rings (SSSR count). The van der Waals surface area contributed by atoms with Gasteiger partial charge in [0.15, 0.2) is 0 Å². The Bertz CT molecular complexity index is 942. The molecule has 6 N–H and O–H groups in total. The number of carboxylic acid groups (broad SMARTS) is 1. The number of amides is 2. The van der Waals surface area contributed by atoms with E-state index in [9.17, 15) is 27.9 Å². The summed E-state index contributed by atoms with van der Waals surface area (Å²) in [5.74, 6) is 2.33. The number of thiophene rings is 1. The van der Waals surface area contributed by atoms with Gasteiger partial charge in [0.05, 0.1) is 14.6 Å². The highest BCUT2D eigenvalue weighted by Gasteiger charge is 2.26. The Morgan fingerprint density at radius 2 is 1.63 bits per heavy atom. The second-order valence-electron chi connectivity index (χ2n) is 5.17. The molecule has 0 spiro atoms. The van der Waals surface area contributed by atoms with Crippen molar-refractivity contribution in [1.29, 1.82) is 0 Å². The summed E-state index contributed by atoms with van der Waals surface area (Å²) in [7, 11) is -4.07. The fourth-order valence-corrected chi connectivity index (χ4v) is 4.01. The zero-order valence-corrected chi connectivity index (χ0v) is 15.3. The number of aliphatic carboxylic acids is 1. The lowest BCUT2D eigenvalue weighted by molar-refractivity contribution is -0.138. The summed E-state index contributed by atoms with van der Waals surface area (Å²) >= 11 is 0.854. The van der Waals surface area contributed by atoms with Gasteiger partial charge >= 0.3 is 5.97 Å². The minimum Gasteiger partial charge on any atom is -0.480 e. The normalized spacial score (nSPS) is 12.2. The molecule has 144 valence electrons. The number of hydrogen-bond donors (Lipinski definition) is 5. The predicted molar refractivity (Wildman–Crippen MR) is 96.5 cm³/mol. The molecular weight excluding hydrogens is 396 g/mol. The lowest BCUT2D eigenvalue weighted by Crippen LogP contribution is -2.48. The lowest BCUT2D eigenvalue weighted by Gasteiger charge is -2.15. The molecule has 12 heteroatoms. The molecule has 1 heterocycles. The molecule has 1 aromatic carbocycles. The number of rotatable bonds is 8. The third-order valence-electron chi connectivity index (χ3n) is 3.30. The van der Waals surface area contributed by atoms with Crippen molar-refractivity contribution in [3.8, 4) is 0 Å². The van der Waals surface area contributed by atoms with Crippen molar-refractivity contribution in [3.05, 3.63) is 52.2 Å². The van der Waals surface area contributed by atoms with Gasteiger partial charge in [0.25, 0.3) is 11.8 Å². The summed E-state index contributed by atoms with van der Waals surface area (Å²) in [6, 6.07) is 8.42. The minimum absolute atomic E-state index is 0.0988. The Balaban J connectivity index is 2.04. The molecule has 0 radical (unpaired) electrons. The van der Waals surface area contributed by atoms with Crippen LogP contribution in [0.1, 0.15) is 19.3 Å². The maximum atomic E-state index is 12.2. The lowest BCUT2D eigenvalue weighted by atomic mass is 10.3. The molecule has 0 aliphatic rings. The van der Waals surface area contributed by atoms with Crippen molar-refractivity contribution in [2.24, 2.45) is 5.84 Å². The molecule has 0 saturated carbocycles. The van der Waals surface area contributed by atoms with Crippen LogP contribution in [-0.4, -0.2) is 43.9 Å². The van der Waals surface area contributed by atoms with Crippen LogP contribution < -0.4 is 21.3 Å². The average Bonchev–Trinajstić information content (AvgIpc) is 3.15. The number of hydrazine groups is 1. The van der Waals surface area contributed by atoms with Gasteiger partial charge in [-0.2, -0.15) is 4.72 Å². The Kier molecular flexibility index (Phi) is 6.63. The smallest absolute Gasteiger partial charge is 0.323 e. The van der Waals surface area contributed by atoms with Crippen molar-refractivity contribution in [2.75, 3.05) is 6.54 Å². The number of nitrogens with one attached hydrogen (secondary N) is 3. The standard InChI is InChI=1S/C15H16N4O6S2/c16-18-14(21)12-7-6-11(26-12)13(20)17-8-10(15(22)23)19-27(24,25)9-4-2-1-3-5-9/h1-7,10,19H,8,16H2,(H,17,20)(H,18,21)(H,22,23)/t10-/m0/s1. The van der Waals surface area contributed by atoms with Crippen LogP contribution in [0.15, 0.2) is 47.4 Å². The van der Waals surface area contributed by atoms with Crippen LogP contribution in [0.5, 0.6) is 0 Å². The van der Waals surface area contributed by atoms with E-state index in [-0.39, 0.29) is 14.6 Å². The quantitative estimate of drug-likeness (QED) is 0.221. The molecule has 0 unspecified atom stereocenters. The first-order chi connectivity index (χ1) is 12.7. The molecule has 1 atom stereocenters. The van der Waals surface area contributed by atoms with Gasteiger partial charge in [-0.05, 0) is 24.3 Å². The SMILES string of the molecule is NNC(=O)c1ccc(C(=O)NC[C@H](NS(=O)(=O)c2ccccc2)C(=O)O)s1. The first-order valence-corrected chi connectivity index (χ1v) is 9.73. The van der Waals surface area contributed by atoms with Crippen molar-refractivity contribution < 1.29 is 27.9 Å². The van der Waals surface area contributed by atoms with E-state index in [2.05, 4.69) is 5.32 Å². The zero-order valence-electron chi connectivity index (χ0n) is 13.7. The average molecular weight is 412 g/mol. The number of hydrogen-bond acceptors (Lipinski definition) is 7. The summed E-state index contributed by atoms with van der Waals surface area (Å²) in [6.07, 6.45) is 0. The largest absolute Gasteiger partial charge is 0.480 e. The van der Waals surface area contributed by atoms with Gasteiger partial charge in [-0.25, -0.2) is 14.3 Å². The van der Waals surface area contributed by atoms with Gasteiger partial charge in [-0.15, -0.1) is 11.3 Å². The van der Waals surface area contributed by atoms with Crippen LogP contribution in [0.4, 0.5) is 0 Å². The van der Waals surface area contributed by atoms with Gasteiger partial charge in [0.2, 0.25) is 10.0 Å². The molecule has 2 amide bonds. The maximum Gasteiger partial charge on any atom is 0.323 e. The van der Waals surface area contributed by atoms with Crippen LogP contribution in [0, 0.1) is 0 Å². The Morgan fingerprint density at radius 3 is 2.19 bits per heavy atom. The summed E-state index contributed by atoms with van der Waals surface area (Å²) in [4.78, 5) is 35.1. The molecule has 0 aliphatic heterocycles. The molecule has 0 bridgehead atoms. The van der Waals surface area contributed by atoms with Crippen LogP contribution >= 0.6 is 11.3 Å². The van der Waals surface area contributed by atoms with Gasteiger partial charge in [-0.3, -0.25) is 19.8 Å². The number of carbonyl (C=O) groups excluding carboxylic acids is 2. The van der Waals surface area contributed by atoms with Crippen LogP contribution in [0.2, 0.25) is 0 Å². The number of carboxylic acids is 1. The predicted octanol–water partition coefficient (Wildman–Crippen LogP) is -0.487. The van der Waals surface area contributed by atoms with E-state index in [4.69, 9.17) is 5.84 Å². The summed E-state index contributed by atoms with van der Waals surface area (Å²) < 4.78 is 26.5. The molecule has 0 fully saturated rings. The van der Waals surface area contributed by atoms with E-state index in [0.29, 0.717) is 0 Å². The molecule has 27 heavy (non-hydrogen) atoms. The molecule has 1 aromatic heterocycles. The van der Waals surface area contributed by atoms with Crippen LogP contribution in [0.3, 0.4) is 0 Å². The summed E-state index contributed by atoms with van der Waals surface area (Å²) in [5.41, 5.74) is 1.93. The summed E-state index contributed by atoms with van der Waals surface area (Å²) in [6.45, 7) is -0.490. The highest BCUT2D eigenvalue weighted by atomic mass is 32.2. The second kappa shape index (κ2) is 8.73. The number of benzene rings is 1. The van der Waals surface area contributed by atoms with Crippen molar-refractivity contribution in [2.45, 2.75) is 10.9 Å². The number of sulfonamides is 1.